The highest BCUT2D eigenvalue weighted by molar-refractivity contribution is 5.94. The van der Waals surface area contributed by atoms with Crippen molar-refractivity contribution in [1.29, 1.82) is 0 Å². The van der Waals surface area contributed by atoms with Crippen LogP contribution in [-0.4, -0.2) is 47.9 Å². The van der Waals surface area contributed by atoms with Crippen molar-refractivity contribution in [2.75, 3.05) is 31.5 Å². The SMILES string of the molecule is Cc1cccc(Oc2ccc(NC(=O)N3CCCN(C(=O)c4ccccc4)CC3)cc2)c1. The molecule has 0 unspecified atom stereocenters. The van der Waals surface area contributed by atoms with Crippen LogP contribution < -0.4 is 10.1 Å². The largest absolute Gasteiger partial charge is 0.457 e. The molecule has 1 N–H and O–H groups in total. The van der Waals surface area contributed by atoms with Crippen molar-refractivity contribution in [2.24, 2.45) is 0 Å². The number of urea groups is 1. The van der Waals surface area contributed by atoms with E-state index in [-0.39, 0.29) is 11.9 Å². The highest BCUT2D eigenvalue weighted by atomic mass is 16.5. The molecule has 4 rings (SSSR count). The van der Waals surface area contributed by atoms with Gasteiger partial charge in [-0.25, -0.2) is 4.79 Å². The molecule has 0 aliphatic carbocycles. The lowest BCUT2D eigenvalue weighted by Gasteiger charge is -2.22. The predicted octanol–water partition coefficient (Wildman–Crippen LogP) is 5.17. The van der Waals surface area contributed by atoms with E-state index in [0.29, 0.717) is 43.2 Å². The number of carbonyl (C=O) groups is 2. The molecule has 1 heterocycles. The fourth-order valence-corrected chi connectivity index (χ4v) is 3.71. The van der Waals surface area contributed by atoms with Crippen molar-refractivity contribution in [1.82, 2.24) is 9.80 Å². The van der Waals surface area contributed by atoms with E-state index in [4.69, 9.17) is 4.74 Å². The average molecular weight is 430 g/mol. The van der Waals surface area contributed by atoms with Gasteiger partial charge in [0.25, 0.3) is 5.91 Å². The lowest BCUT2D eigenvalue weighted by Crippen LogP contribution is -2.39. The van der Waals surface area contributed by atoms with Gasteiger partial charge in [0.2, 0.25) is 0 Å². The van der Waals surface area contributed by atoms with Gasteiger partial charge in [0, 0.05) is 37.4 Å². The van der Waals surface area contributed by atoms with Gasteiger partial charge in [-0.3, -0.25) is 4.79 Å². The van der Waals surface area contributed by atoms with Crippen LogP contribution in [-0.2, 0) is 0 Å². The van der Waals surface area contributed by atoms with Crippen LogP contribution in [0.2, 0.25) is 0 Å². The van der Waals surface area contributed by atoms with E-state index in [0.717, 1.165) is 17.7 Å². The lowest BCUT2D eigenvalue weighted by atomic mass is 10.2. The maximum atomic E-state index is 12.8. The predicted molar refractivity (Wildman–Crippen MR) is 125 cm³/mol. The Morgan fingerprint density at radius 2 is 1.50 bits per heavy atom. The summed E-state index contributed by atoms with van der Waals surface area (Å²) in [6, 6.07) is 24.3. The van der Waals surface area contributed by atoms with Crippen molar-refractivity contribution in [3.8, 4) is 11.5 Å². The normalized spacial score (nSPS) is 13.9. The number of aryl methyl sites for hydroxylation is 1. The number of rotatable bonds is 4. The first-order chi connectivity index (χ1) is 15.6. The maximum Gasteiger partial charge on any atom is 0.321 e. The zero-order valence-electron chi connectivity index (χ0n) is 18.2. The van der Waals surface area contributed by atoms with Gasteiger partial charge >= 0.3 is 6.03 Å². The molecule has 6 heteroatoms. The van der Waals surface area contributed by atoms with Crippen LogP contribution in [0.25, 0.3) is 0 Å². The minimum Gasteiger partial charge on any atom is -0.457 e. The Balaban J connectivity index is 1.31. The first kappa shape index (κ1) is 21.4. The Kier molecular flexibility index (Phi) is 6.70. The van der Waals surface area contributed by atoms with Gasteiger partial charge < -0.3 is 19.9 Å². The maximum absolute atomic E-state index is 12.8. The molecular formula is C26H27N3O3. The molecule has 0 spiro atoms. The Labute approximate surface area is 188 Å². The van der Waals surface area contributed by atoms with Crippen LogP contribution in [0.5, 0.6) is 11.5 Å². The third kappa shape index (κ3) is 5.46. The first-order valence-corrected chi connectivity index (χ1v) is 10.8. The lowest BCUT2D eigenvalue weighted by molar-refractivity contribution is 0.0762. The fourth-order valence-electron chi connectivity index (χ4n) is 3.71. The average Bonchev–Trinajstić information content (AvgIpc) is 3.07. The van der Waals surface area contributed by atoms with E-state index in [1.807, 2.05) is 90.7 Å². The minimum absolute atomic E-state index is 0.0112. The number of hydrogen-bond donors (Lipinski definition) is 1. The monoisotopic (exact) mass is 429 g/mol. The standard InChI is InChI=1S/C26H27N3O3/c1-20-7-5-10-24(19-20)32-23-13-11-22(12-14-23)27-26(31)29-16-6-15-28(17-18-29)25(30)21-8-3-2-4-9-21/h2-5,7-14,19H,6,15-18H2,1H3,(H,27,31). The van der Waals surface area contributed by atoms with Gasteiger partial charge in [-0.1, -0.05) is 30.3 Å². The zero-order chi connectivity index (χ0) is 22.3. The van der Waals surface area contributed by atoms with E-state index < -0.39 is 0 Å². The van der Waals surface area contributed by atoms with Crippen LogP contribution in [0.3, 0.4) is 0 Å². The van der Waals surface area contributed by atoms with Gasteiger partial charge in [0.15, 0.2) is 0 Å². The molecule has 1 fully saturated rings. The summed E-state index contributed by atoms with van der Waals surface area (Å²) >= 11 is 0. The Hall–Kier alpha value is -3.80. The number of carbonyl (C=O) groups excluding carboxylic acids is 2. The second-order valence-corrected chi connectivity index (χ2v) is 7.87. The van der Waals surface area contributed by atoms with E-state index in [1.165, 1.54) is 0 Å². The third-order valence-corrected chi connectivity index (χ3v) is 5.42. The number of ether oxygens (including phenoxy) is 1. The van der Waals surface area contributed by atoms with Crippen LogP contribution >= 0.6 is 0 Å². The van der Waals surface area contributed by atoms with Crippen LogP contribution in [0.15, 0.2) is 78.9 Å². The van der Waals surface area contributed by atoms with Gasteiger partial charge in [-0.15, -0.1) is 0 Å². The zero-order valence-corrected chi connectivity index (χ0v) is 18.2. The van der Waals surface area contributed by atoms with Crippen molar-refractivity contribution >= 4 is 17.6 Å². The molecule has 6 nitrogen and oxygen atoms in total. The molecule has 0 bridgehead atoms. The van der Waals surface area contributed by atoms with E-state index in [1.54, 1.807) is 4.90 Å². The second kappa shape index (κ2) is 10.0. The fraction of sp³-hybridized carbons (Fsp3) is 0.231. The summed E-state index contributed by atoms with van der Waals surface area (Å²) in [5, 5.41) is 2.94. The number of nitrogens with zero attached hydrogens (tertiary/aromatic N) is 2. The second-order valence-electron chi connectivity index (χ2n) is 7.87. The van der Waals surface area contributed by atoms with Crippen molar-refractivity contribution < 1.29 is 14.3 Å². The van der Waals surface area contributed by atoms with Crippen molar-refractivity contribution in [2.45, 2.75) is 13.3 Å². The summed E-state index contributed by atoms with van der Waals surface area (Å²) in [5.41, 5.74) is 2.51. The molecule has 164 valence electrons. The highest BCUT2D eigenvalue weighted by Crippen LogP contribution is 2.24. The number of nitrogens with one attached hydrogen (secondary N) is 1. The molecule has 1 aliphatic heterocycles. The molecule has 32 heavy (non-hydrogen) atoms. The molecule has 3 aromatic rings. The molecule has 0 radical (unpaired) electrons. The number of hydrogen-bond acceptors (Lipinski definition) is 3. The summed E-state index contributed by atoms with van der Waals surface area (Å²) in [6.45, 7) is 4.29. The van der Waals surface area contributed by atoms with Gasteiger partial charge in [0.1, 0.15) is 11.5 Å². The summed E-state index contributed by atoms with van der Waals surface area (Å²) in [7, 11) is 0. The number of anilines is 1. The van der Waals surface area contributed by atoms with E-state index >= 15 is 0 Å². The van der Waals surface area contributed by atoms with E-state index in [2.05, 4.69) is 5.32 Å². The Bertz CT molecular complexity index is 1070. The molecule has 0 aromatic heterocycles. The van der Waals surface area contributed by atoms with Gasteiger partial charge in [-0.2, -0.15) is 0 Å². The van der Waals surface area contributed by atoms with Crippen molar-refractivity contribution in [3.63, 3.8) is 0 Å². The molecule has 3 amide bonds. The van der Waals surface area contributed by atoms with Gasteiger partial charge in [-0.05, 0) is 67.4 Å². The number of benzene rings is 3. The molecule has 0 atom stereocenters. The first-order valence-electron chi connectivity index (χ1n) is 10.8. The smallest absolute Gasteiger partial charge is 0.321 e. The van der Waals surface area contributed by atoms with Crippen molar-refractivity contribution in [3.05, 3.63) is 90.0 Å². The molecule has 0 saturated carbocycles. The summed E-state index contributed by atoms with van der Waals surface area (Å²) in [4.78, 5) is 29.0. The Morgan fingerprint density at radius 1 is 0.781 bits per heavy atom. The molecule has 3 aromatic carbocycles. The third-order valence-electron chi connectivity index (χ3n) is 5.42. The van der Waals surface area contributed by atoms with Crippen LogP contribution in [0.1, 0.15) is 22.3 Å². The summed E-state index contributed by atoms with van der Waals surface area (Å²) in [6.07, 6.45) is 0.745. The van der Waals surface area contributed by atoms with Gasteiger partial charge in [0.05, 0.1) is 0 Å². The molecule has 1 aliphatic rings. The Morgan fingerprint density at radius 3 is 2.25 bits per heavy atom. The minimum atomic E-state index is -0.161. The van der Waals surface area contributed by atoms with Crippen LogP contribution in [0.4, 0.5) is 10.5 Å². The molecule has 1 saturated heterocycles. The topological polar surface area (TPSA) is 61.9 Å². The highest BCUT2D eigenvalue weighted by Gasteiger charge is 2.22. The summed E-state index contributed by atoms with van der Waals surface area (Å²) < 4.78 is 5.86. The summed E-state index contributed by atoms with van der Waals surface area (Å²) in [5.74, 6) is 1.50. The number of amides is 3. The van der Waals surface area contributed by atoms with Crippen LogP contribution in [0, 0.1) is 6.92 Å². The quantitative estimate of drug-likeness (QED) is 0.623. The van der Waals surface area contributed by atoms with E-state index in [9.17, 15) is 9.59 Å². The molecular weight excluding hydrogens is 402 g/mol.